The Balaban J connectivity index is 1.58. The van der Waals surface area contributed by atoms with E-state index in [1.807, 2.05) is 41.0 Å². The number of thioether (sulfide) groups is 1. The van der Waals surface area contributed by atoms with Crippen LogP contribution in [0.15, 0.2) is 65.8 Å². The van der Waals surface area contributed by atoms with Crippen molar-refractivity contribution in [3.63, 3.8) is 0 Å². The predicted molar refractivity (Wildman–Crippen MR) is 164 cm³/mol. The molecule has 0 aliphatic carbocycles. The van der Waals surface area contributed by atoms with Gasteiger partial charge in [0.05, 0.1) is 24.4 Å². The third-order valence-electron chi connectivity index (χ3n) is 6.37. The molecule has 2 amide bonds. The number of benzene rings is 3. The Morgan fingerprint density at radius 1 is 0.975 bits per heavy atom. The number of carbonyl (C=O) groups excluding carboxylic acids is 1. The van der Waals surface area contributed by atoms with Crippen LogP contribution >= 0.6 is 35.0 Å². The Morgan fingerprint density at radius 2 is 1.68 bits per heavy atom. The zero-order valence-corrected chi connectivity index (χ0v) is 25.5. The number of nitrogens with one attached hydrogen (secondary N) is 2. The van der Waals surface area contributed by atoms with Gasteiger partial charge in [0.2, 0.25) is 0 Å². The first kappa shape index (κ1) is 29.8. The maximum Gasteiger partial charge on any atom is 0.319 e. The number of hydrogen-bond acceptors (Lipinski definition) is 5. The van der Waals surface area contributed by atoms with Gasteiger partial charge in [-0.2, -0.15) is 0 Å². The summed E-state index contributed by atoms with van der Waals surface area (Å²) in [5.41, 5.74) is 4.78. The molecule has 10 heteroatoms. The van der Waals surface area contributed by atoms with Gasteiger partial charge in [-0.3, -0.25) is 4.57 Å². The number of amides is 2. The molecule has 0 spiro atoms. The highest BCUT2D eigenvalue weighted by atomic mass is 35.5. The summed E-state index contributed by atoms with van der Waals surface area (Å²) < 4.78 is 7.20. The van der Waals surface area contributed by atoms with Crippen LogP contribution in [0, 0.1) is 0 Å². The van der Waals surface area contributed by atoms with Gasteiger partial charge in [0.15, 0.2) is 11.0 Å². The highest BCUT2D eigenvalue weighted by Crippen LogP contribution is 2.33. The van der Waals surface area contributed by atoms with Crippen molar-refractivity contribution in [2.24, 2.45) is 0 Å². The maximum absolute atomic E-state index is 13.1. The molecule has 0 saturated heterocycles. The van der Waals surface area contributed by atoms with Gasteiger partial charge in [-0.05, 0) is 58.9 Å². The van der Waals surface area contributed by atoms with E-state index in [9.17, 15) is 4.79 Å². The minimum Gasteiger partial charge on any atom is -0.497 e. The van der Waals surface area contributed by atoms with Gasteiger partial charge in [0, 0.05) is 16.5 Å². The summed E-state index contributed by atoms with van der Waals surface area (Å²) in [5, 5.41) is 16.5. The lowest BCUT2D eigenvalue weighted by atomic mass is 9.93. The molecule has 0 fully saturated rings. The van der Waals surface area contributed by atoms with E-state index in [4.69, 9.17) is 27.9 Å². The third-order valence-corrected chi connectivity index (χ3v) is 7.91. The average molecular weight is 599 g/mol. The first-order valence-electron chi connectivity index (χ1n) is 13.0. The van der Waals surface area contributed by atoms with E-state index in [1.165, 1.54) is 11.8 Å². The number of para-hydroxylation sites is 1. The van der Waals surface area contributed by atoms with Crippen LogP contribution in [0.3, 0.4) is 0 Å². The molecule has 0 aliphatic heterocycles. The molecule has 0 saturated carbocycles. The highest BCUT2D eigenvalue weighted by Gasteiger charge is 2.20. The van der Waals surface area contributed by atoms with Gasteiger partial charge in [-0.1, -0.05) is 93.0 Å². The average Bonchev–Trinajstić information content (AvgIpc) is 3.33. The molecular weight excluding hydrogens is 565 g/mol. The number of carbonyl (C=O) groups is 1. The van der Waals surface area contributed by atoms with E-state index in [0.717, 1.165) is 28.1 Å². The number of urea groups is 1. The van der Waals surface area contributed by atoms with Crippen LogP contribution in [0.5, 0.6) is 5.75 Å². The lowest BCUT2D eigenvalue weighted by Gasteiger charge is -2.20. The van der Waals surface area contributed by atoms with Crippen molar-refractivity contribution in [1.82, 2.24) is 20.1 Å². The zero-order chi connectivity index (χ0) is 28.8. The van der Waals surface area contributed by atoms with Crippen LogP contribution in [-0.2, 0) is 12.3 Å². The fourth-order valence-corrected chi connectivity index (χ4v) is 5.74. The fraction of sp³-hybridized carbons (Fsp3) is 0.300. The maximum atomic E-state index is 13.1. The molecule has 7 nitrogen and oxygen atoms in total. The van der Waals surface area contributed by atoms with E-state index in [0.29, 0.717) is 32.5 Å². The van der Waals surface area contributed by atoms with E-state index in [1.54, 1.807) is 19.2 Å². The summed E-state index contributed by atoms with van der Waals surface area (Å²) in [6.07, 6.45) is 0. The number of halogens is 2. The summed E-state index contributed by atoms with van der Waals surface area (Å²) in [5.74, 6) is 2.48. The molecule has 210 valence electrons. The minimum absolute atomic E-state index is 0.137. The summed E-state index contributed by atoms with van der Waals surface area (Å²) in [4.78, 5) is 13.1. The number of hydrogen-bond donors (Lipinski definition) is 2. The monoisotopic (exact) mass is 597 g/mol. The van der Waals surface area contributed by atoms with Crippen molar-refractivity contribution in [1.29, 1.82) is 0 Å². The Kier molecular flexibility index (Phi) is 10.0. The quantitative estimate of drug-likeness (QED) is 0.179. The Morgan fingerprint density at radius 3 is 2.33 bits per heavy atom. The molecule has 4 aromatic rings. The number of anilines is 1. The number of rotatable bonds is 10. The van der Waals surface area contributed by atoms with Gasteiger partial charge >= 0.3 is 6.03 Å². The standard InChI is InChI=1S/C30H33Cl2N5O2S/c1-18(2)23-10-7-11-24(19(3)4)28(23)34-29(38)33-16-27-35-36-30(37(27)26-13-12-21(31)15-25(26)32)40-17-20-8-6-9-22(14-20)39-5/h6-15,18-19H,16-17H2,1-5H3,(H2,33,34,38). The molecule has 0 aliphatic rings. The van der Waals surface area contributed by atoms with Crippen LogP contribution in [0.1, 0.15) is 62.0 Å². The number of aromatic nitrogens is 3. The van der Waals surface area contributed by atoms with Crippen molar-refractivity contribution in [2.75, 3.05) is 12.4 Å². The van der Waals surface area contributed by atoms with Crippen LogP contribution in [0.25, 0.3) is 5.69 Å². The molecule has 4 rings (SSSR count). The van der Waals surface area contributed by atoms with Crippen LogP contribution < -0.4 is 15.4 Å². The van der Waals surface area contributed by atoms with E-state index >= 15 is 0 Å². The fourth-order valence-electron chi connectivity index (χ4n) is 4.34. The number of methoxy groups -OCH3 is 1. The van der Waals surface area contributed by atoms with Gasteiger partial charge in [-0.15, -0.1) is 10.2 Å². The van der Waals surface area contributed by atoms with E-state index in [-0.39, 0.29) is 24.4 Å². The smallest absolute Gasteiger partial charge is 0.319 e. The Bertz CT molecular complexity index is 1460. The number of nitrogens with zero attached hydrogens (tertiary/aromatic N) is 3. The third kappa shape index (κ3) is 7.11. The Hall–Kier alpha value is -3.20. The lowest BCUT2D eigenvalue weighted by molar-refractivity contribution is 0.251. The van der Waals surface area contributed by atoms with Crippen LogP contribution in [-0.4, -0.2) is 27.9 Å². The summed E-state index contributed by atoms with van der Waals surface area (Å²) >= 11 is 14.3. The van der Waals surface area contributed by atoms with Crippen molar-refractivity contribution in [3.05, 3.63) is 93.2 Å². The van der Waals surface area contributed by atoms with Crippen LogP contribution in [0.4, 0.5) is 10.5 Å². The predicted octanol–water partition coefficient (Wildman–Crippen LogP) is 8.44. The SMILES string of the molecule is COc1cccc(CSc2nnc(CNC(=O)Nc3c(C(C)C)cccc3C(C)C)n2-c2ccc(Cl)cc2Cl)c1. The van der Waals surface area contributed by atoms with Gasteiger partial charge in [-0.25, -0.2) is 4.79 Å². The van der Waals surface area contributed by atoms with Crippen molar-refractivity contribution in [2.45, 2.75) is 57.0 Å². The molecule has 0 atom stereocenters. The summed E-state index contributed by atoms with van der Waals surface area (Å²) in [7, 11) is 1.64. The molecule has 40 heavy (non-hydrogen) atoms. The van der Waals surface area contributed by atoms with E-state index in [2.05, 4.69) is 60.7 Å². The summed E-state index contributed by atoms with van der Waals surface area (Å²) in [6, 6.07) is 18.9. The first-order valence-corrected chi connectivity index (χ1v) is 14.7. The largest absolute Gasteiger partial charge is 0.497 e. The molecule has 3 aromatic carbocycles. The van der Waals surface area contributed by atoms with Crippen molar-refractivity contribution >= 4 is 46.7 Å². The van der Waals surface area contributed by atoms with Crippen molar-refractivity contribution in [3.8, 4) is 11.4 Å². The molecule has 2 N–H and O–H groups in total. The summed E-state index contributed by atoms with van der Waals surface area (Å²) in [6.45, 7) is 8.60. The molecule has 0 radical (unpaired) electrons. The zero-order valence-electron chi connectivity index (χ0n) is 23.2. The minimum atomic E-state index is -0.322. The molecule has 1 heterocycles. The Labute approximate surface area is 249 Å². The normalized spacial score (nSPS) is 11.2. The van der Waals surface area contributed by atoms with Gasteiger partial charge in [0.1, 0.15) is 5.75 Å². The number of ether oxygens (including phenoxy) is 1. The van der Waals surface area contributed by atoms with E-state index < -0.39 is 0 Å². The molecular formula is C30H33Cl2N5O2S. The van der Waals surface area contributed by atoms with Gasteiger partial charge < -0.3 is 15.4 Å². The molecule has 0 bridgehead atoms. The van der Waals surface area contributed by atoms with Gasteiger partial charge in [0.25, 0.3) is 0 Å². The first-order chi connectivity index (χ1) is 19.2. The lowest BCUT2D eigenvalue weighted by Crippen LogP contribution is -2.30. The molecule has 0 unspecified atom stereocenters. The van der Waals surface area contributed by atoms with Crippen LogP contribution in [0.2, 0.25) is 10.0 Å². The second-order valence-corrected chi connectivity index (χ2v) is 11.7. The highest BCUT2D eigenvalue weighted by molar-refractivity contribution is 7.98. The second kappa shape index (κ2) is 13.4. The van der Waals surface area contributed by atoms with Crippen molar-refractivity contribution < 1.29 is 9.53 Å². The molecule has 1 aromatic heterocycles. The topological polar surface area (TPSA) is 81.1 Å². The second-order valence-electron chi connectivity index (χ2n) is 9.90.